The molecule has 1 saturated heterocycles. The third-order valence-corrected chi connectivity index (χ3v) is 5.25. The molecule has 1 aliphatic rings. The van der Waals surface area contributed by atoms with Crippen LogP contribution in [0.5, 0.6) is 0 Å². The van der Waals surface area contributed by atoms with Crippen LogP contribution in [0.15, 0.2) is 32.3 Å². The Balaban J connectivity index is 1.44. The molecule has 0 amide bonds. The third-order valence-electron chi connectivity index (χ3n) is 5.25. The van der Waals surface area contributed by atoms with E-state index < -0.39 is 0 Å². The molecule has 0 aliphatic carbocycles. The van der Waals surface area contributed by atoms with Gasteiger partial charge in [-0.15, -0.1) is 0 Å². The predicted molar refractivity (Wildman–Crippen MR) is 113 cm³/mol. The van der Waals surface area contributed by atoms with Crippen LogP contribution in [0.2, 0.25) is 0 Å². The number of aliphatic imine (C=N–C) groups is 1. The van der Waals surface area contributed by atoms with Crippen molar-refractivity contribution in [1.29, 1.82) is 0 Å². The van der Waals surface area contributed by atoms with Gasteiger partial charge in [0, 0.05) is 32.5 Å². The minimum absolute atomic E-state index is 0.219. The number of likely N-dealkylation sites (tertiary alicyclic amines) is 1. The highest BCUT2D eigenvalue weighted by molar-refractivity contribution is 5.79. The highest BCUT2D eigenvalue weighted by atomic mass is 16.5. The maximum absolute atomic E-state index is 5.72. The van der Waals surface area contributed by atoms with Crippen molar-refractivity contribution in [3.05, 3.63) is 35.9 Å². The smallest absolute Gasteiger partial charge is 0.226 e. The van der Waals surface area contributed by atoms with Crippen molar-refractivity contribution in [2.45, 2.75) is 57.9 Å². The lowest BCUT2D eigenvalue weighted by atomic mass is 10.1. The average molecular weight is 403 g/mol. The zero-order valence-corrected chi connectivity index (χ0v) is 17.9. The second-order valence-corrected chi connectivity index (χ2v) is 7.81. The third kappa shape index (κ3) is 6.32. The Labute approximate surface area is 173 Å². The van der Waals surface area contributed by atoms with Gasteiger partial charge in [-0.1, -0.05) is 25.4 Å². The molecular weight excluding hydrogens is 368 g/mol. The van der Waals surface area contributed by atoms with Gasteiger partial charge in [0.25, 0.3) is 0 Å². The molecule has 2 N–H and O–H groups in total. The van der Waals surface area contributed by atoms with Crippen molar-refractivity contribution >= 4 is 5.96 Å². The van der Waals surface area contributed by atoms with Crippen molar-refractivity contribution < 1.29 is 8.94 Å². The number of guanidine groups is 1. The summed E-state index contributed by atoms with van der Waals surface area (Å²) in [4.78, 5) is 11.3. The number of aryl methyl sites for hydroxylation is 1. The SMILES string of the molecule is CN=C(NCCCc1nc(C(C)C)no1)NCC(c1ccco1)N1CCCCC1. The lowest BCUT2D eigenvalue weighted by Gasteiger charge is -2.33. The van der Waals surface area contributed by atoms with E-state index in [1.165, 1.54) is 19.3 Å². The Hall–Kier alpha value is -2.35. The molecule has 0 aromatic carbocycles. The molecule has 160 valence electrons. The van der Waals surface area contributed by atoms with E-state index >= 15 is 0 Å². The van der Waals surface area contributed by atoms with E-state index in [2.05, 4.69) is 50.6 Å². The first kappa shape index (κ1) is 21.4. The topological polar surface area (TPSA) is 91.7 Å². The van der Waals surface area contributed by atoms with Crippen molar-refractivity contribution in [2.75, 3.05) is 33.2 Å². The van der Waals surface area contributed by atoms with E-state index in [1.807, 2.05) is 6.07 Å². The Morgan fingerprint density at radius 2 is 2.07 bits per heavy atom. The summed E-state index contributed by atoms with van der Waals surface area (Å²) < 4.78 is 11.0. The predicted octanol–water partition coefficient (Wildman–Crippen LogP) is 3.11. The average Bonchev–Trinajstić information content (AvgIpc) is 3.43. The van der Waals surface area contributed by atoms with Gasteiger partial charge in [0.1, 0.15) is 5.76 Å². The van der Waals surface area contributed by atoms with Gasteiger partial charge in [-0.25, -0.2) is 0 Å². The molecule has 2 aromatic rings. The van der Waals surface area contributed by atoms with Crippen molar-refractivity contribution in [1.82, 2.24) is 25.7 Å². The quantitative estimate of drug-likeness (QED) is 0.378. The second-order valence-electron chi connectivity index (χ2n) is 7.81. The number of hydrogen-bond donors (Lipinski definition) is 2. The molecule has 1 unspecified atom stereocenters. The van der Waals surface area contributed by atoms with E-state index in [1.54, 1.807) is 13.3 Å². The molecule has 1 fully saturated rings. The largest absolute Gasteiger partial charge is 0.468 e. The Morgan fingerprint density at radius 1 is 1.24 bits per heavy atom. The fraction of sp³-hybridized carbons (Fsp3) is 0.667. The van der Waals surface area contributed by atoms with Gasteiger partial charge in [-0.05, 0) is 44.5 Å². The minimum Gasteiger partial charge on any atom is -0.468 e. The number of aromatic nitrogens is 2. The Bertz CT molecular complexity index is 734. The summed E-state index contributed by atoms with van der Waals surface area (Å²) in [6, 6.07) is 4.24. The van der Waals surface area contributed by atoms with Gasteiger partial charge in [0.05, 0.1) is 12.3 Å². The monoisotopic (exact) mass is 402 g/mol. The molecule has 1 atom stereocenters. The summed E-state index contributed by atoms with van der Waals surface area (Å²) >= 11 is 0. The maximum atomic E-state index is 5.72. The van der Waals surface area contributed by atoms with E-state index in [0.29, 0.717) is 5.89 Å². The number of hydrogen-bond acceptors (Lipinski definition) is 6. The summed E-state index contributed by atoms with van der Waals surface area (Å²) in [7, 11) is 1.80. The molecule has 0 saturated carbocycles. The summed E-state index contributed by atoms with van der Waals surface area (Å²) in [5.41, 5.74) is 0. The van der Waals surface area contributed by atoms with Gasteiger partial charge in [-0.2, -0.15) is 4.98 Å². The van der Waals surface area contributed by atoms with Crippen molar-refractivity contribution in [3.8, 4) is 0 Å². The fourth-order valence-corrected chi connectivity index (χ4v) is 3.59. The zero-order valence-electron chi connectivity index (χ0n) is 17.9. The second kappa shape index (κ2) is 11.0. The summed E-state index contributed by atoms with van der Waals surface area (Å²) in [6.07, 6.45) is 7.22. The Morgan fingerprint density at radius 3 is 2.72 bits per heavy atom. The van der Waals surface area contributed by atoms with Gasteiger partial charge in [0.15, 0.2) is 11.8 Å². The summed E-state index contributed by atoms with van der Waals surface area (Å²) in [5.74, 6) is 3.56. The van der Waals surface area contributed by atoms with Crippen LogP contribution in [0, 0.1) is 0 Å². The highest BCUT2D eigenvalue weighted by Crippen LogP contribution is 2.24. The van der Waals surface area contributed by atoms with Gasteiger partial charge in [-0.3, -0.25) is 9.89 Å². The first-order valence-electron chi connectivity index (χ1n) is 10.7. The van der Waals surface area contributed by atoms with Gasteiger partial charge < -0.3 is 19.6 Å². The van der Waals surface area contributed by atoms with Crippen LogP contribution >= 0.6 is 0 Å². The lowest BCUT2D eigenvalue weighted by Crippen LogP contribution is -2.44. The number of nitrogens with one attached hydrogen (secondary N) is 2. The van der Waals surface area contributed by atoms with E-state index in [-0.39, 0.29) is 12.0 Å². The number of nitrogens with zero attached hydrogens (tertiary/aromatic N) is 4. The minimum atomic E-state index is 0.219. The lowest BCUT2D eigenvalue weighted by molar-refractivity contribution is 0.146. The van der Waals surface area contributed by atoms with Crippen LogP contribution in [0.25, 0.3) is 0 Å². The highest BCUT2D eigenvalue weighted by Gasteiger charge is 2.24. The summed E-state index contributed by atoms with van der Waals surface area (Å²) in [6.45, 7) is 7.89. The van der Waals surface area contributed by atoms with Crippen molar-refractivity contribution in [3.63, 3.8) is 0 Å². The molecule has 2 aromatic heterocycles. The first-order valence-corrected chi connectivity index (χ1v) is 10.7. The molecule has 29 heavy (non-hydrogen) atoms. The summed E-state index contributed by atoms with van der Waals surface area (Å²) in [5, 5.41) is 10.8. The van der Waals surface area contributed by atoms with E-state index in [9.17, 15) is 0 Å². The number of furan rings is 1. The Kier molecular flexibility index (Phi) is 8.10. The molecular formula is C21H34N6O2. The number of rotatable bonds is 9. The first-order chi connectivity index (χ1) is 14.2. The van der Waals surface area contributed by atoms with Crippen LogP contribution in [0.3, 0.4) is 0 Å². The van der Waals surface area contributed by atoms with Crippen LogP contribution in [-0.4, -0.2) is 54.2 Å². The van der Waals surface area contributed by atoms with E-state index in [0.717, 1.165) is 56.6 Å². The zero-order chi connectivity index (χ0) is 20.5. The molecule has 0 radical (unpaired) electrons. The normalized spacial score (nSPS) is 16.9. The van der Waals surface area contributed by atoms with E-state index in [4.69, 9.17) is 8.94 Å². The molecule has 8 heteroatoms. The van der Waals surface area contributed by atoms with Crippen molar-refractivity contribution in [2.24, 2.45) is 4.99 Å². The molecule has 3 rings (SSSR count). The molecule has 8 nitrogen and oxygen atoms in total. The van der Waals surface area contributed by atoms with Gasteiger partial charge >= 0.3 is 0 Å². The molecule has 0 spiro atoms. The number of piperidine rings is 1. The standard InChI is InChI=1S/C21H34N6O2/c1-16(2)20-25-19(29-26-20)10-7-11-23-21(22-3)24-15-17(18-9-8-14-28-18)27-12-5-4-6-13-27/h8-9,14,16-17H,4-7,10-13,15H2,1-3H3,(H2,22,23,24). The van der Waals surface area contributed by atoms with Crippen LogP contribution in [0.4, 0.5) is 0 Å². The van der Waals surface area contributed by atoms with Crippen LogP contribution in [0.1, 0.15) is 69.0 Å². The fourth-order valence-electron chi connectivity index (χ4n) is 3.59. The molecule has 0 bridgehead atoms. The maximum Gasteiger partial charge on any atom is 0.226 e. The molecule has 3 heterocycles. The molecule has 1 aliphatic heterocycles. The van der Waals surface area contributed by atoms with Crippen LogP contribution in [-0.2, 0) is 6.42 Å². The van der Waals surface area contributed by atoms with Gasteiger partial charge in [0.2, 0.25) is 5.89 Å². The van der Waals surface area contributed by atoms with Crippen LogP contribution < -0.4 is 10.6 Å².